The monoisotopic (exact) mass is 496 g/mol. The zero-order valence-corrected chi connectivity index (χ0v) is 20.6. The first-order chi connectivity index (χ1) is 17.4. The summed E-state index contributed by atoms with van der Waals surface area (Å²) < 4.78 is 16.0. The van der Waals surface area contributed by atoms with Crippen molar-refractivity contribution in [1.29, 1.82) is 0 Å². The number of amides is 3. The topological polar surface area (TPSA) is 109 Å². The van der Waals surface area contributed by atoms with Gasteiger partial charge in [-0.25, -0.2) is 4.79 Å². The summed E-state index contributed by atoms with van der Waals surface area (Å²) >= 11 is 0. The van der Waals surface area contributed by atoms with E-state index in [4.69, 9.17) is 14.2 Å². The molecule has 2 heterocycles. The fourth-order valence-electron chi connectivity index (χ4n) is 4.00. The average Bonchev–Trinajstić information content (AvgIpc) is 3.20. The number of carbonyl (C=O) groups is 3. The first kappa shape index (κ1) is 25.3. The lowest BCUT2D eigenvalue weighted by molar-refractivity contribution is -0.117. The SMILES string of the molecule is CC(C)COC(=O)N1CCCN(CC(=O)Nc2ccccc2C(=O)Nc2ccc3c(c2)OCO3)CC1. The molecule has 10 nitrogen and oxygen atoms in total. The molecule has 192 valence electrons. The summed E-state index contributed by atoms with van der Waals surface area (Å²) in [5.74, 6) is 0.899. The maximum Gasteiger partial charge on any atom is 0.409 e. The Bertz CT molecular complexity index is 1110. The molecule has 0 bridgehead atoms. The molecule has 36 heavy (non-hydrogen) atoms. The fraction of sp³-hybridized carbons (Fsp3) is 0.423. The number of anilines is 2. The largest absolute Gasteiger partial charge is 0.454 e. The number of para-hydroxylation sites is 1. The summed E-state index contributed by atoms with van der Waals surface area (Å²) in [4.78, 5) is 41.7. The van der Waals surface area contributed by atoms with Crippen LogP contribution in [0.2, 0.25) is 0 Å². The van der Waals surface area contributed by atoms with Crippen LogP contribution in [-0.4, -0.2) is 73.8 Å². The van der Waals surface area contributed by atoms with Gasteiger partial charge in [-0.1, -0.05) is 26.0 Å². The van der Waals surface area contributed by atoms with E-state index >= 15 is 0 Å². The second kappa shape index (κ2) is 11.8. The molecule has 0 radical (unpaired) electrons. The van der Waals surface area contributed by atoms with Crippen LogP contribution in [0, 0.1) is 5.92 Å². The van der Waals surface area contributed by atoms with Crippen molar-refractivity contribution in [3.05, 3.63) is 48.0 Å². The third kappa shape index (κ3) is 6.66. The van der Waals surface area contributed by atoms with Crippen molar-refractivity contribution in [2.75, 3.05) is 56.8 Å². The van der Waals surface area contributed by atoms with Crippen molar-refractivity contribution in [2.24, 2.45) is 5.92 Å². The van der Waals surface area contributed by atoms with Crippen molar-refractivity contribution >= 4 is 29.3 Å². The predicted molar refractivity (Wildman–Crippen MR) is 134 cm³/mol. The Morgan fingerprint density at radius 3 is 2.61 bits per heavy atom. The van der Waals surface area contributed by atoms with Crippen LogP contribution in [0.3, 0.4) is 0 Å². The number of benzene rings is 2. The van der Waals surface area contributed by atoms with E-state index in [9.17, 15) is 14.4 Å². The Hall–Kier alpha value is -3.79. The Balaban J connectivity index is 1.31. The molecule has 1 fully saturated rings. The van der Waals surface area contributed by atoms with Crippen molar-refractivity contribution in [3.8, 4) is 11.5 Å². The number of rotatable bonds is 7. The first-order valence-electron chi connectivity index (χ1n) is 12.1. The molecule has 1 saturated heterocycles. The van der Waals surface area contributed by atoms with E-state index in [2.05, 4.69) is 10.6 Å². The van der Waals surface area contributed by atoms with Gasteiger partial charge in [0, 0.05) is 37.9 Å². The Morgan fingerprint density at radius 1 is 0.972 bits per heavy atom. The maximum atomic E-state index is 13.0. The maximum absolute atomic E-state index is 13.0. The molecule has 2 aromatic carbocycles. The van der Waals surface area contributed by atoms with E-state index in [1.165, 1.54) is 0 Å². The number of hydrogen-bond donors (Lipinski definition) is 2. The highest BCUT2D eigenvalue weighted by Crippen LogP contribution is 2.34. The standard InChI is InChI=1S/C26H32N4O6/c1-18(2)16-34-26(33)30-11-5-10-29(12-13-30)15-24(31)28-21-7-4-3-6-20(21)25(32)27-19-8-9-22-23(14-19)36-17-35-22/h3-4,6-9,14,18H,5,10-13,15-17H2,1-2H3,(H,27,32)(H,28,31). The number of nitrogens with zero attached hydrogens (tertiary/aromatic N) is 2. The van der Waals surface area contributed by atoms with Gasteiger partial charge in [0.25, 0.3) is 5.91 Å². The van der Waals surface area contributed by atoms with E-state index in [1.54, 1.807) is 47.4 Å². The summed E-state index contributed by atoms with van der Waals surface area (Å²) in [6, 6.07) is 12.0. The number of carbonyl (C=O) groups excluding carboxylic acids is 3. The number of nitrogens with one attached hydrogen (secondary N) is 2. The lowest BCUT2D eigenvalue weighted by atomic mass is 10.1. The molecule has 0 spiro atoms. The van der Waals surface area contributed by atoms with E-state index in [0.29, 0.717) is 61.2 Å². The molecule has 2 N–H and O–H groups in total. The van der Waals surface area contributed by atoms with Gasteiger partial charge in [0.15, 0.2) is 11.5 Å². The second-order valence-electron chi connectivity index (χ2n) is 9.20. The van der Waals surface area contributed by atoms with Crippen LogP contribution in [0.15, 0.2) is 42.5 Å². The van der Waals surface area contributed by atoms with Gasteiger partial charge in [0.2, 0.25) is 12.7 Å². The van der Waals surface area contributed by atoms with Crippen LogP contribution in [0.25, 0.3) is 0 Å². The minimum Gasteiger partial charge on any atom is -0.454 e. The molecule has 0 aliphatic carbocycles. The van der Waals surface area contributed by atoms with Crippen LogP contribution in [0.1, 0.15) is 30.6 Å². The number of ether oxygens (including phenoxy) is 3. The Kier molecular flexibility index (Phi) is 8.27. The summed E-state index contributed by atoms with van der Waals surface area (Å²) in [6.07, 6.45) is 0.441. The van der Waals surface area contributed by atoms with Gasteiger partial charge >= 0.3 is 6.09 Å². The predicted octanol–water partition coefficient (Wildman–Crippen LogP) is 3.41. The molecular formula is C26H32N4O6. The van der Waals surface area contributed by atoms with E-state index in [-0.39, 0.29) is 37.2 Å². The van der Waals surface area contributed by atoms with Crippen molar-refractivity contribution in [2.45, 2.75) is 20.3 Å². The zero-order valence-electron chi connectivity index (χ0n) is 20.6. The summed E-state index contributed by atoms with van der Waals surface area (Å²) in [5, 5.41) is 5.70. The normalized spacial score (nSPS) is 15.4. The highest BCUT2D eigenvalue weighted by Gasteiger charge is 2.22. The molecule has 3 amide bonds. The number of fused-ring (bicyclic) bond motifs is 1. The molecule has 2 aliphatic rings. The zero-order chi connectivity index (χ0) is 25.5. The molecule has 0 atom stereocenters. The van der Waals surface area contributed by atoms with Crippen LogP contribution >= 0.6 is 0 Å². The van der Waals surface area contributed by atoms with Gasteiger partial charge < -0.3 is 29.7 Å². The average molecular weight is 497 g/mol. The summed E-state index contributed by atoms with van der Waals surface area (Å²) in [6.45, 7) is 7.04. The molecule has 0 unspecified atom stereocenters. The molecule has 2 aliphatic heterocycles. The minimum atomic E-state index is -0.352. The highest BCUT2D eigenvalue weighted by molar-refractivity contribution is 6.10. The second-order valence-corrected chi connectivity index (χ2v) is 9.20. The van der Waals surface area contributed by atoms with E-state index in [1.807, 2.05) is 18.7 Å². The summed E-state index contributed by atoms with van der Waals surface area (Å²) in [5.41, 5.74) is 1.33. The van der Waals surface area contributed by atoms with Gasteiger partial charge in [-0.2, -0.15) is 0 Å². The molecular weight excluding hydrogens is 464 g/mol. The molecule has 4 rings (SSSR count). The Labute approximate surface area is 210 Å². The highest BCUT2D eigenvalue weighted by atomic mass is 16.7. The third-order valence-corrected chi connectivity index (χ3v) is 5.83. The van der Waals surface area contributed by atoms with Gasteiger partial charge in [0.1, 0.15) is 0 Å². The molecule has 10 heteroatoms. The molecule has 0 aromatic heterocycles. The third-order valence-electron chi connectivity index (χ3n) is 5.83. The van der Waals surface area contributed by atoms with Crippen molar-refractivity contribution < 1.29 is 28.6 Å². The van der Waals surface area contributed by atoms with Gasteiger partial charge in [-0.3, -0.25) is 14.5 Å². The minimum absolute atomic E-state index is 0.152. The van der Waals surface area contributed by atoms with E-state index < -0.39 is 0 Å². The van der Waals surface area contributed by atoms with E-state index in [0.717, 1.165) is 6.42 Å². The lowest BCUT2D eigenvalue weighted by Crippen LogP contribution is -2.38. The van der Waals surface area contributed by atoms with Gasteiger partial charge in [0.05, 0.1) is 24.4 Å². The number of hydrogen-bond acceptors (Lipinski definition) is 7. The van der Waals surface area contributed by atoms with Crippen LogP contribution in [0.5, 0.6) is 11.5 Å². The van der Waals surface area contributed by atoms with Crippen LogP contribution in [0.4, 0.5) is 16.2 Å². The quantitative estimate of drug-likeness (QED) is 0.605. The Morgan fingerprint density at radius 2 is 1.78 bits per heavy atom. The molecule has 2 aromatic rings. The first-order valence-corrected chi connectivity index (χ1v) is 12.1. The van der Waals surface area contributed by atoms with Gasteiger partial charge in [-0.05, 0) is 36.6 Å². The van der Waals surface area contributed by atoms with Crippen molar-refractivity contribution in [1.82, 2.24) is 9.80 Å². The molecule has 0 saturated carbocycles. The van der Waals surface area contributed by atoms with Gasteiger partial charge in [-0.15, -0.1) is 0 Å². The van der Waals surface area contributed by atoms with Crippen LogP contribution < -0.4 is 20.1 Å². The van der Waals surface area contributed by atoms with Crippen LogP contribution in [-0.2, 0) is 9.53 Å². The summed E-state index contributed by atoms with van der Waals surface area (Å²) in [7, 11) is 0. The smallest absolute Gasteiger partial charge is 0.409 e. The fourth-order valence-corrected chi connectivity index (χ4v) is 4.00. The lowest BCUT2D eigenvalue weighted by Gasteiger charge is -2.22. The van der Waals surface area contributed by atoms with Crippen molar-refractivity contribution in [3.63, 3.8) is 0 Å².